The number of morpholine rings is 1. The minimum atomic E-state index is -4.15. The second kappa shape index (κ2) is 12.1. The number of nitrogens with one attached hydrogen (secondary N) is 2. The number of H-pyrrole nitrogens is 1. The predicted octanol–water partition coefficient (Wildman–Crippen LogP) is 3.66. The summed E-state index contributed by atoms with van der Waals surface area (Å²) in [4.78, 5) is 47.3. The van der Waals surface area contributed by atoms with E-state index in [4.69, 9.17) is 27.9 Å². The highest BCUT2D eigenvalue weighted by Gasteiger charge is 2.52. The van der Waals surface area contributed by atoms with Crippen LogP contribution in [0.15, 0.2) is 47.4 Å². The maximum atomic E-state index is 14.0. The van der Waals surface area contributed by atoms with Crippen molar-refractivity contribution < 1.29 is 31.9 Å². The highest BCUT2D eigenvalue weighted by Crippen LogP contribution is 2.36. The highest BCUT2D eigenvalue weighted by molar-refractivity contribution is 7.89. The lowest BCUT2D eigenvalue weighted by atomic mass is 9.85. The standard InChI is InChI=1S/C31H34Cl2FN5O6S/c1-31(2,3)27(36-28(40)24-11-17-10-19(34)5-6-23(17)35-24)30(42)38-15-20-13-21(38)14-37(20)29(41)25-16-45-9-8-39(25)46(43,44)26-7-4-18(32)12-22(26)33/h4-7,10-12,20-21,25,27,35H,8-9,13-16H2,1-3H3,(H,36,40)/t20-,21-,25-,27+/m0/s1. The lowest BCUT2D eigenvalue weighted by Gasteiger charge is -2.41. The van der Waals surface area contributed by atoms with Gasteiger partial charge in [0.25, 0.3) is 5.91 Å². The van der Waals surface area contributed by atoms with Crippen molar-refractivity contribution in [1.82, 2.24) is 24.4 Å². The molecule has 0 spiro atoms. The summed E-state index contributed by atoms with van der Waals surface area (Å²) in [7, 11) is -4.15. The largest absolute Gasteiger partial charge is 0.378 e. The Morgan fingerprint density at radius 1 is 1.04 bits per heavy atom. The molecule has 246 valence electrons. The van der Waals surface area contributed by atoms with Crippen molar-refractivity contribution in [2.75, 3.05) is 32.8 Å². The number of carbonyl (C=O) groups excluding carboxylic acids is 3. The van der Waals surface area contributed by atoms with Crippen molar-refractivity contribution in [1.29, 1.82) is 0 Å². The van der Waals surface area contributed by atoms with Crippen LogP contribution in [-0.2, 0) is 24.3 Å². The quantitative estimate of drug-likeness (QED) is 0.405. The number of hydrogen-bond acceptors (Lipinski definition) is 6. The zero-order chi connectivity index (χ0) is 33.1. The molecule has 4 heterocycles. The van der Waals surface area contributed by atoms with Crippen LogP contribution in [-0.4, -0.2) is 102 Å². The van der Waals surface area contributed by atoms with Gasteiger partial charge in [0.1, 0.15) is 28.5 Å². The molecule has 15 heteroatoms. The Balaban J connectivity index is 1.16. The fourth-order valence-electron chi connectivity index (χ4n) is 6.53. The van der Waals surface area contributed by atoms with Gasteiger partial charge in [0, 0.05) is 35.6 Å². The Morgan fingerprint density at radius 2 is 1.76 bits per heavy atom. The molecule has 11 nitrogen and oxygen atoms in total. The average Bonchev–Trinajstić information content (AvgIpc) is 3.73. The van der Waals surface area contributed by atoms with Crippen molar-refractivity contribution in [3.63, 3.8) is 0 Å². The van der Waals surface area contributed by atoms with Gasteiger partial charge in [-0.15, -0.1) is 0 Å². The number of amides is 3. The molecule has 2 bridgehead atoms. The molecule has 3 aliphatic rings. The first-order chi connectivity index (χ1) is 21.6. The molecular weight excluding hydrogens is 660 g/mol. The van der Waals surface area contributed by atoms with Gasteiger partial charge in [-0.05, 0) is 54.3 Å². The molecule has 0 saturated carbocycles. The molecule has 3 fully saturated rings. The second-order valence-corrected chi connectivity index (χ2v) is 15.7. The van der Waals surface area contributed by atoms with E-state index >= 15 is 0 Å². The van der Waals surface area contributed by atoms with Gasteiger partial charge < -0.3 is 24.8 Å². The fraction of sp³-hybridized carbons (Fsp3) is 0.452. The SMILES string of the molecule is CC(C)(C)[C@H](NC(=O)c1cc2cc(F)ccc2[nH]1)C(=O)N1C[C@@H]2C[C@H]1CN2C(=O)[C@@H]1COCCN1S(=O)(=O)c1ccc(Cl)cc1Cl. The van der Waals surface area contributed by atoms with Crippen LogP contribution in [0, 0.1) is 11.2 Å². The first kappa shape index (κ1) is 32.7. The minimum Gasteiger partial charge on any atom is -0.378 e. The summed E-state index contributed by atoms with van der Waals surface area (Å²) < 4.78 is 47.6. The molecule has 2 aromatic carbocycles. The summed E-state index contributed by atoms with van der Waals surface area (Å²) in [6, 6.07) is 7.18. The van der Waals surface area contributed by atoms with E-state index in [1.807, 2.05) is 20.8 Å². The van der Waals surface area contributed by atoms with Crippen LogP contribution in [0.2, 0.25) is 10.0 Å². The van der Waals surface area contributed by atoms with E-state index in [0.29, 0.717) is 17.3 Å². The van der Waals surface area contributed by atoms with Crippen LogP contribution in [0.4, 0.5) is 4.39 Å². The summed E-state index contributed by atoms with van der Waals surface area (Å²) >= 11 is 12.2. The van der Waals surface area contributed by atoms with Gasteiger partial charge in [-0.2, -0.15) is 4.31 Å². The van der Waals surface area contributed by atoms with Gasteiger partial charge in [-0.3, -0.25) is 14.4 Å². The van der Waals surface area contributed by atoms with Crippen molar-refractivity contribution in [3.8, 4) is 0 Å². The van der Waals surface area contributed by atoms with Gasteiger partial charge in [0.15, 0.2) is 0 Å². The number of halogens is 3. The number of carbonyl (C=O) groups is 3. The van der Waals surface area contributed by atoms with Crippen molar-refractivity contribution in [2.24, 2.45) is 5.41 Å². The zero-order valence-electron chi connectivity index (χ0n) is 25.4. The van der Waals surface area contributed by atoms with Crippen molar-refractivity contribution >= 4 is 61.8 Å². The molecule has 0 unspecified atom stereocenters. The van der Waals surface area contributed by atoms with Gasteiger partial charge in [-0.25, -0.2) is 12.8 Å². The minimum absolute atomic E-state index is 0.0253. The third-order valence-electron chi connectivity index (χ3n) is 8.87. The van der Waals surface area contributed by atoms with E-state index in [9.17, 15) is 27.2 Å². The molecule has 6 rings (SSSR count). The molecule has 2 N–H and O–H groups in total. The molecule has 3 aliphatic heterocycles. The molecular formula is C31H34Cl2FN5O6S. The smallest absolute Gasteiger partial charge is 0.268 e. The van der Waals surface area contributed by atoms with Crippen LogP contribution in [0.3, 0.4) is 0 Å². The van der Waals surface area contributed by atoms with Crippen molar-refractivity contribution in [2.45, 2.75) is 56.3 Å². The summed E-state index contributed by atoms with van der Waals surface area (Å²) in [5.41, 5.74) is 0.147. The molecule has 1 aromatic heterocycles. The van der Waals surface area contributed by atoms with Gasteiger partial charge in [0.05, 0.1) is 30.3 Å². The Hall–Kier alpha value is -3.23. The fourth-order valence-corrected chi connectivity index (χ4v) is 8.83. The number of rotatable bonds is 6. The third kappa shape index (κ3) is 5.99. The second-order valence-electron chi connectivity index (χ2n) is 13.0. The van der Waals surface area contributed by atoms with Crippen LogP contribution in [0.1, 0.15) is 37.7 Å². The number of benzene rings is 2. The zero-order valence-corrected chi connectivity index (χ0v) is 27.8. The molecule has 3 saturated heterocycles. The van der Waals surface area contributed by atoms with E-state index in [2.05, 4.69) is 10.3 Å². The maximum absolute atomic E-state index is 14.0. The van der Waals surface area contributed by atoms with E-state index in [1.165, 1.54) is 30.3 Å². The van der Waals surface area contributed by atoms with E-state index in [-0.39, 0.29) is 71.5 Å². The number of nitrogens with zero attached hydrogens (tertiary/aromatic N) is 3. The number of piperazine rings is 1. The number of hydrogen-bond donors (Lipinski definition) is 2. The van der Waals surface area contributed by atoms with Gasteiger partial charge in [-0.1, -0.05) is 44.0 Å². The Bertz CT molecular complexity index is 1830. The first-order valence-electron chi connectivity index (χ1n) is 14.9. The number of sulfonamides is 1. The number of fused-ring (bicyclic) bond motifs is 3. The number of likely N-dealkylation sites (tertiary alicyclic amines) is 2. The maximum Gasteiger partial charge on any atom is 0.268 e. The van der Waals surface area contributed by atoms with E-state index < -0.39 is 45.2 Å². The van der Waals surface area contributed by atoms with Crippen LogP contribution in [0.5, 0.6) is 0 Å². The van der Waals surface area contributed by atoms with Crippen molar-refractivity contribution in [3.05, 3.63) is 64.0 Å². The summed E-state index contributed by atoms with van der Waals surface area (Å²) in [5, 5.41) is 3.65. The molecule has 46 heavy (non-hydrogen) atoms. The highest BCUT2D eigenvalue weighted by atomic mass is 35.5. The summed E-state index contributed by atoms with van der Waals surface area (Å²) in [6.45, 7) is 6.01. The number of ether oxygens (including phenoxy) is 1. The first-order valence-corrected chi connectivity index (χ1v) is 17.1. The molecule has 4 atom stereocenters. The average molecular weight is 695 g/mol. The third-order valence-corrected chi connectivity index (χ3v) is 11.5. The molecule has 3 amide bonds. The Kier molecular flexibility index (Phi) is 8.60. The lowest BCUT2D eigenvalue weighted by molar-refractivity contribution is -0.146. The number of aromatic nitrogens is 1. The van der Waals surface area contributed by atoms with Crippen LogP contribution >= 0.6 is 23.2 Å². The molecule has 0 radical (unpaired) electrons. The lowest BCUT2D eigenvalue weighted by Crippen LogP contribution is -2.62. The van der Waals surface area contributed by atoms with Gasteiger partial charge >= 0.3 is 0 Å². The topological polar surface area (TPSA) is 132 Å². The van der Waals surface area contributed by atoms with Crippen LogP contribution < -0.4 is 5.32 Å². The van der Waals surface area contributed by atoms with E-state index in [0.717, 1.165) is 4.31 Å². The normalized spacial score (nSPS) is 22.8. The van der Waals surface area contributed by atoms with E-state index in [1.54, 1.807) is 21.9 Å². The predicted molar refractivity (Wildman–Crippen MR) is 170 cm³/mol. The number of aromatic amines is 1. The Morgan fingerprint density at radius 3 is 2.43 bits per heavy atom. The molecule has 0 aliphatic carbocycles. The van der Waals surface area contributed by atoms with Gasteiger partial charge in [0.2, 0.25) is 21.8 Å². The van der Waals surface area contributed by atoms with Crippen LogP contribution in [0.25, 0.3) is 10.9 Å². The Labute approximate surface area is 276 Å². The monoisotopic (exact) mass is 693 g/mol. The molecule has 3 aromatic rings. The summed E-state index contributed by atoms with van der Waals surface area (Å²) in [5.74, 6) is -1.59. The summed E-state index contributed by atoms with van der Waals surface area (Å²) in [6.07, 6.45) is 0.527.